The molecule has 2 aliphatic rings. The van der Waals surface area contributed by atoms with E-state index in [0.29, 0.717) is 16.6 Å². The Hall–Kier alpha value is -1.55. The molecule has 0 unspecified atom stereocenters. The van der Waals surface area contributed by atoms with Crippen molar-refractivity contribution in [1.29, 1.82) is 0 Å². The summed E-state index contributed by atoms with van der Waals surface area (Å²) in [5.74, 6) is -0.00310. The number of rotatable bonds is 5. The number of hydrogen-bond acceptors (Lipinski definition) is 2. The van der Waals surface area contributed by atoms with Crippen LogP contribution in [-0.4, -0.2) is 25.2 Å². The lowest BCUT2D eigenvalue weighted by Gasteiger charge is -2.20. The highest BCUT2D eigenvalue weighted by Crippen LogP contribution is 2.59. The summed E-state index contributed by atoms with van der Waals surface area (Å²) in [7, 11) is 0. The molecule has 3 nitrogen and oxygen atoms in total. The molecule has 2 aromatic carbocycles. The minimum atomic E-state index is -0.310. The molecule has 1 N–H and O–H groups in total. The summed E-state index contributed by atoms with van der Waals surface area (Å²) in [4.78, 5) is 12.8. The lowest BCUT2D eigenvalue weighted by molar-refractivity contribution is -0.123. The number of amides is 1. The number of hydrogen-bond donors (Lipinski definition) is 1. The van der Waals surface area contributed by atoms with Gasteiger partial charge in [-0.1, -0.05) is 47.5 Å². The normalized spacial score (nSPS) is 23.6. The molecule has 1 heterocycles. The zero-order valence-electron chi connectivity index (χ0n) is 14.4. The van der Waals surface area contributed by atoms with Crippen molar-refractivity contribution in [3.05, 3.63) is 69.7 Å². The molecular weight excluding hydrogens is 369 g/mol. The van der Waals surface area contributed by atoms with E-state index in [1.165, 1.54) is 0 Å². The smallest absolute Gasteiger partial charge is 0.224 e. The molecule has 0 bridgehead atoms. The average molecular weight is 390 g/mol. The van der Waals surface area contributed by atoms with Crippen LogP contribution in [0.3, 0.4) is 0 Å². The molecule has 0 radical (unpaired) electrons. The maximum absolute atomic E-state index is 12.8. The monoisotopic (exact) mass is 389 g/mol. The average Bonchev–Trinajstić information content (AvgIpc) is 3.18. The third-order valence-electron chi connectivity index (χ3n) is 5.52. The fourth-order valence-corrected chi connectivity index (χ4v) is 4.27. The fourth-order valence-electron chi connectivity index (χ4n) is 4.02. The molecule has 136 valence electrons. The largest absolute Gasteiger partial charge is 0.376 e. The van der Waals surface area contributed by atoms with E-state index >= 15 is 0 Å². The van der Waals surface area contributed by atoms with Crippen LogP contribution in [0.15, 0.2) is 48.5 Å². The Morgan fingerprint density at radius 2 is 1.62 bits per heavy atom. The highest BCUT2D eigenvalue weighted by Gasteiger charge is 2.60. The summed E-state index contributed by atoms with van der Waals surface area (Å²) in [6.45, 7) is 1.39. The van der Waals surface area contributed by atoms with E-state index in [2.05, 4.69) is 5.32 Å². The van der Waals surface area contributed by atoms with Crippen molar-refractivity contribution in [3.8, 4) is 0 Å². The van der Waals surface area contributed by atoms with Gasteiger partial charge in [0.2, 0.25) is 5.91 Å². The van der Waals surface area contributed by atoms with Crippen LogP contribution < -0.4 is 5.32 Å². The molecule has 2 fully saturated rings. The predicted molar refractivity (Wildman–Crippen MR) is 104 cm³/mol. The predicted octanol–water partition coefficient (Wildman–Crippen LogP) is 4.59. The van der Waals surface area contributed by atoms with Crippen LogP contribution in [0.25, 0.3) is 0 Å². The molecule has 1 aliphatic carbocycles. The standard InChI is InChI=1S/C21H21Cl2NO2/c22-16-7-3-14(4-8-16)21(15-5-9-17(23)10-6-15)12-19(21)20(25)24-13-18-2-1-11-26-18/h3-10,18-19H,1-2,11-13H2,(H,24,25)/t18-,19-/m0/s1. The molecule has 5 heteroatoms. The van der Waals surface area contributed by atoms with Crippen LogP contribution in [0, 0.1) is 5.92 Å². The minimum Gasteiger partial charge on any atom is -0.376 e. The highest BCUT2D eigenvalue weighted by molar-refractivity contribution is 6.30. The van der Waals surface area contributed by atoms with Crippen LogP contribution >= 0.6 is 23.2 Å². The van der Waals surface area contributed by atoms with Crippen molar-refractivity contribution in [2.24, 2.45) is 5.92 Å². The van der Waals surface area contributed by atoms with Crippen molar-refractivity contribution < 1.29 is 9.53 Å². The Kier molecular flexibility index (Phi) is 4.96. The van der Waals surface area contributed by atoms with E-state index in [9.17, 15) is 4.79 Å². The molecule has 1 saturated heterocycles. The quantitative estimate of drug-likeness (QED) is 0.811. The second-order valence-corrected chi connectivity index (χ2v) is 7.99. The van der Waals surface area contributed by atoms with Crippen molar-refractivity contribution >= 4 is 29.1 Å². The third-order valence-corrected chi connectivity index (χ3v) is 6.03. The van der Waals surface area contributed by atoms with Crippen molar-refractivity contribution in [3.63, 3.8) is 0 Å². The number of nitrogens with one attached hydrogen (secondary N) is 1. The van der Waals surface area contributed by atoms with Crippen molar-refractivity contribution in [1.82, 2.24) is 5.32 Å². The Balaban J connectivity index is 1.57. The first-order valence-corrected chi connectivity index (χ1v) is 9.76. The number of carbonyl (C=O) groups is 1. The first-order valence-electron chi connectivity index (χ1n) is 9.01. The maximum Gasteiger partial charge on any atom is 0.224 e. The van der Waals surface area contributed by atoms with E-state index in [4.69, 9.17) is 27.9 Å². The molecule has 26 heavy (non-hydrogen) atoms. The van der Waals surface area contributed by atoms with Gasteiger partial charge in [0.25, 0.3) is 0 Å². The molecule has 1 aliphatic heterocycles. The van der Waals surface area contributed by atoms with Gasteiger partial charge >= 0.3 is 0 Å². The molecule has 0 spiro atoms. The molecule has 4 rings (SSSR count). The summed E-state index contributed by atoms with van der Waals surface area (Å²) in [5.41, 5.74) is 1.92. The first kappa shape index (κ1) is 17.8. The Labute approximate surface area is 163 Å². The van der Waals surface area contributed by atoms with Crippen molar-refractivity contribution in [2.45, 2.75) is 30.8 Å². The summed E-state index contributed by atoms with van der Waals surface area (Å²) >= 11 is 12.1. The van der Waals surface area contributed by atoms with Crippen LogP contribution in [-0.2, 0) is 14.9 Å². The van der Waals surface area contributed by atoms with Gasteiger partial charge in [0.15, 0.2) is 0 Å². The van der Waals surface area contributed by atoms with E-state index in [1.54, 1.807) is 0 Å². The Bertz CT molecular complexity index is 737. The number of halogens is 2. The zero-order valence-corrected chi connectivity index (χ0v) is 15.9. The number of carbonyl (C=O) groups excluding carboxylic acids is 1. The lowest BCUT2D eigenvalue weighted by Crippen LogP contribution is -2.34. The minimum absolute atomic E-state index is 0.0883. The van der Waals surface area contributed by atoms with E-state index in [0.717, 1.165) is 37.0 Å². The van der Waals surface area contributed by atoms with Gasteiger partial charge in [-0.3, -0.25) is 4.79 Å². The Morgan fingerprint density at radius 1 is 1.04 bits per heavy atom. The van der Waals surface area contributed by atoms with E-state index in [1.807, 2.05) is 48.5 Å². The van der Waals surface area contributed by atoms with Gasteiger partial charge in [-0.25, -0.2) is 0 Å². The molecule has 2 aromatic rings. The van der Waals surface area contributed by atoms with Gasteiger partial charge in [0, 0.05) is 28.6 Å². The van der Waals surface area contributed by atoms with Crippen LogP contribution in [0.2, 0.25) is 10.0 Å². The highest BCUT2D eigenvalue weighted by atomic mass is 35.5. The van der Waals surface area contributed by atoms with E-state index in [-0.39, 0.29) is 23.3 Å². The van der Waals surface area contributed by atoms with Gasteiger partial charge < -0.3 is 10.1 Å². The summed E-state index contributed by atoms with van der Waals surface area (Å²) < 4.78 is 5.61. The molecule has 0 aromatic heterocycles. The van der Waals surface area contributed by atoms with E-state index < -0.39 is 0 Å². The fraction of sp³-hybridized carbons (Fsp3) is 0.381. The van der Waals surface area contributed by atoms with Gasteiger partial charge in [-0.05, 0) is 54.7 Å². The first-order chi connectivity index (χ1) is 12.6. The summed E-state index contributed by atoms with van der Waals surface area (Å²) in [6, 6.07) is 15.6. The van der Waals surface area contributed by atoms with Gasteiger partial charge in [-0.15, -0.1) is 0 Å². The van der Waals surface area contributed by atoms with Gasteiger partial charge in [0.1, 0.15) is 0 Å². The van der Waals surface area contributed by atoms with Gasteiger partial charge in [-0.2, -0.15) is 0 Å². The maximum atomic E-state index is 12.8. The number of benzene rings is 2. The summed E-state index contributed by atoms with van der Waals surface area (Å²) in [6.07, 6.45) is 3.03. The van der Waals surface area contributed by atoms with Crippen LogP contribution in [0.4, 0.5) is 0 Å². The molecular formula is C21H21Cl2NO2. The third kappa shape index (κ3) is 3.36. The zero-order chi connectivity index (χ0) is 18.1. The topological polar surface area (TPSA) is 38.3 Å². The Morgan fingerprint density at radius 3 is 2.12 bits per heavy atom. The lowest BCUT2D eigenvalue weighted by atomic mass is 9.85. The van der Waals surface area contributed by atoms with Crippen LogP contribution in [0.1, 0.15) is 30.4 Å². The second-order valence-electron chi connectivity index (χ2n) is 7.12. The SMILES string of the molecule is O=C(NC[C@@H]1CCCO1)[C@@H]1CC1(c1ccc(Cl)cc1)c1ccc(Cl)cc1. The molecule has 2 atom stereocenters. The van der Waals surface area contributed by atoms with Crippen molar-refractivity contribution in [2.75, 3.05) is 13.2 Å². The second kappa shape index (κ2) is 7.22. The number of ether oxygens (including phenoxy) is 1. The summed E-state index contributed by atoms with van der Waals surface area (Å²) in [5, 5.41) is 4.48. The van der Waals surface area contributed by atoms with Crippen LogP contribution in [0.5, 0.6) is 0 Å². The molecule has 1 amide bonds. The van der Waals surface area contributed by atoms with Gasteiger partial charge in [0.05, 0.1) is 12.0 Å². The molecule has 1 saturated carbocycles.